The van der Waals surface area contributed by atoms with Crippen molar-refractivity contribution < 1.29 is 0 Å². The third kappa shape index (κ3) is 3.38. The van der Waals surface area contributed by atoms with Crippen molar-refractivity contribution in [1.29, 1.82) is 0 Å². The molecule has 3 heterocycles. The molecule has 0 aliphatic rings. The van der Waals surface area contributed by atoms with E-state index < -0.39 is 0 Å². The van der Waals surface area contributed by atoms with Crippen molar-refractivity contribution in [3.8, 4) is 11.1 Å². The van der Waals surface area contributed by atoms with Gasteiger partial charge in [0.15, 0.2) is 5.16 Å². The molecule has 0 amide bonds. The van der Waals surface area contributed by atoms with Crippen LogP contribution in [0.25, 0.3) is 21.3 Å². The Bertz CT molecular complexity index is 1040. The summed E-state index contributed by atoms with van der Waals surface area (Å²) in [5, 5.41) is 5.17. The molecule has 1 aromatic carbocycles. The molecule has 0 radical (unpaired) electrons. The minimum absolute atomic E-state index is 0.711. The number of thiophene rings is 1. The highest BCUT2D eigenvalue weighted by Gasteiger charge is 2.18. The quantitative estimate of drug-likeness (QED) is 0.482. The number of benzene rings is 1. The number of rotatable bonds is 5. The molecule has 0 spiro atoms. The van der Waals surface area contributed by atoms with Gasteiger partial charge in [-0.1, -0.05) is 30.3 Å². The maximum absolute atomic E-state index is 4.88. The number of nitrogens with zero attached hydrogens (tertiary/aromatic N) is 5. The number of hydrogen-bond acceptors (Lipinski definition) is 6. The van der Waals surface area contributed by atoms with E-state index in [1.54, 1.807) is 23.1 Å². The lowest BCUT2D eigenvalue weighted by Gasteiger charge is -2.11. The van der Waals surface area contributed by atoms with Gasteiger partial charge in [-0.2, -0.15) is 0 Å². The Labute approximate surface area is 160 Å². The van der Waals surface area contributed by atoms with Crippen LogP contribution >= 0.6 is 23.1 Å². The first-order valence-corrected chi connectivity index (χ1v) is 9.95. The first-order chi connectivity index (χ1) is 12.6. The molecule has 132 valence electrons. The largest absolute Gasteiger partial charge is 0.329 e. The number of aromatic nitrogens is 4. The zero-order chi connectivity index (χ0) is 18.1. The van der Waals surface area contributed by atoms with Gasteiger partial charge in [0.05, 0.1) is 11.9 Å². The molecule has 0 saturated heterocycles. The zero-order valence-electron chi connectivity index (χ0n) is 14.9. The summed E-state index contributed by atoms with van der Waals surface area (Å²) in [7, 11) is 6.06. The van der Waals surface area contributed by atoms with Gasteiger partial charge in [-0.25, -0.2) is 15.0 Å². The fourth-order valence-corrected chi connectivity index (χ4v) is 4.73. The summed E-state index contributed by atoms with van der Waals surface area (Å²) in [5.41, 5.74) is 2.36. The van der Waals surface area contributed by atoms with Crippen LogP contribution in [0.4, 0.5) is 0 Å². The normalized spacial score (nSPS) is 11.5. The van der Waals surface area contributed by atoms with Gasteiger partial charge in [0.2, 0.25) is 0 Å². The van der Waals surface area contributed by atoms with Crippen LogP contribution < -0.4 is 0 Å². The smallest absolute Gasteiger partial charge is 0.174 e. The average Bonchev–Trinajstić information content (AvgIpc) is 3.22. The van der Waals surface area contributed by atoms with Crippen molar-refractivity contribution >= 4 is 33.3 Å². The second kappa shape index (κ2) is 7.19. The predicted octanol–water partition coefficient (Wildman–Crippen LogP) is 4.30. The molecule has 0 aliphatic heterocycles. The van der Waals surface area contributed by atoms with Crippen molar-refractivity contribution in [2.75, 3.05) is 14.1 Å². The fraction of sp³-hybridized carbons (Fsp3) is 0.211. The third-order valence-corrected chi connectivity index (χ3v) is 5.89. The van der Waals surface area contributed by atoms with Crippen molar-refractivity contribution in [3.63, 3.8) is 0 Å². The highest BCUT2D eigenvalue weighted by Crippen LogP contribution is 2.40. The maximum atomic E-state index is 4.88. The summed E-state index contributed by atoms with van der Waals surface area (Å²) in [6, 6.07) is 10.4. The molecule has 4 aromatic rings. The van der Waals surface area contributed by atoms with Crippen molar-refractivity contribution in [1.82, 2.24) is 24.4 Å². The van der Waals surface area contributed by atoms with Gasteiger partial charge in [0, 0.05) is 30.4 Å². The maximum Gasteiger partial charge on any atom is 0.174 e. The Morgan fingerprint density at radius 2 is 1.96 bits per heavy atom. The number of imidazole rings is 1. The Hall–Kier alpha value is -2.22. The van der Waals surface area contributed by atoms with Gasteiger partial charge in [0.1, 0.15) is 15.7 Å². The summed E-state index contributed by atoms with van der Waals surface area (Å²) in [5.74, 6) is 0.834. The standard InChI is InChI=1S/C19H19N5S2/c1-23(2)11-15-21-17-16(14(12-25-17)13-7-5-4-6-8-13)18(22-15)26-19-20-9-10-24(19)3/h4-10,12H,11H2,1-3H3. The molecular weight excluding hydrogens is 362 g/mol. The highest BCUT2D eigenvalue weighted by molar-refractivity contribution is 7.99. The molecule has 0 bridgehead atoms. The van der Waals surface area contributed by atoms with E-state index >= 15 is 0 Å². The lowest BCUT2D eigenvalue weighted by molar-refractivity contribution is 0.390. The van der Waals surface area contributed by atoms with E-state index in [0.717, 1.165) is 26.2 Å². The van der Waals surface area contributed by atoms with Gasteiger partial charge < -0.3 is 9.47 Å². The van der Waals surface area contributed by atoms with Crippen LogP contribution in [0.15, 0.2) is 58.3 Å². The van der Waals surface area contributed by atoms with Gasteiger partial charge in [0.25, 0.3) is 0 Å². The van der Waals surface area contributed by atoms with E-state index in [1.807, 2.05) is 44.2 Å². The Morgan fingerprint density at radius 3 is 2.65 bits per heavy atom. The Balaban J connectivity index is 1.89. The molecule has 5 nitrogen and oxygen atoms in total. The molecule has 3 aromatic heterocycles. The molecule has 0 saturated carbocycles. The van der Waals surface area contributed by atoms with Crippen LogP contribution in [-0.2, 0) is 13.6 Å². The SMILES string of the molecule is CN(C)Cc1nc(Sc2nccn2C)c2c(-c3ccccc3)csc2n1. The molecule has 0 unspecified atom stereocenters. The number of fused-ring (bicyclic) bond motifs is 1. The first kappa shape index (κ1) is 17.2. The van der Waals surface area contributed by atoms with Crippen molar-refractivity contribution in [2.24, 2.45) is 7.05 Å². The van der Waals surface area contributed by atoms with Gasteiger partial charge in [-0.15, -0.1) is 11.3 Å². The van der Waals surface area contributed by atoms with Crippen LogP contribution in [0.5, 0.6) is 0 Å². The summed E-state index contributed by atoms with van der Waals surface area (Å²) in [6.07, 6.45) is 3.76. The van der Waals surface area contributed by atoms with E-state index in [1.165, 1.54) is 11.1 Å². The molecule has 0 fully saturated rings. The topological polar surface area (TPSA) is 46.8 Å². The summed E-state index contributed by atoms with van der Waals surface area (Å²) in [6.45, 7) is 0.711. The summed E-state index contributed by atoms with van der Waals surface area (Å²) in [4.78, 5) is 17.2. The minimum Gasteiger partial charge on any atom is -0.329 e. The molecule has 4 rings (SSSR count). The molecule has 0 atom stereocenters. The minimum atomic E-state index is 0.711. The van der Waals surface area contributed by atoms with Gasteiger partial charge in [-0.05, 0) is 31.4 Å². The van der Waals surface area contributed by atoms with E-state index in [4.69, 9.17) is 9.97 Å². The second-order valence-corrected chi connectivity index (χ2v) is 8.12. The third-order valence-electron chi connectivity index (χ3n) is 3.95. The second-order valence-electron chi connectivity index (χ2n) is 6.30. The summed E-state index contributed by atoms with van der Waals surface area (Å²) < 4.78 is 2.01. The average molecular weight is 382 g/mol. The van der Waals surface area contributed by atoms with Gasteiger partial charge >= 0.3 is 0 Å². The van der Waals surface area contributed by atoms with Crippen molar-refractivity contribution in [2.45, 2.75) is 16.7 Å². The van der Waals surface area contributed by atoms with Crippen molar-refractivity contribution in [3.05, 3.63) is 53.9 Å². The molecule has 0 aliphatic carbocycles. The first-order valence-electron chi connectivity index (χ1n) is 8.25. The number of aryl methyl sites for hydroxylation is 1. The van der Waals surface area contributed by atoms with Crippen LogP contribution in [0.1, 0.15) is 5.82 Å². The molecular formula is C19H19N5S2. The van der Waals surface area contributed by atoms with E-state index in [2.05, 4.69) is 39.5 Å². The number of hydrogen-bond donors (Lipinski definition) is 0. The molecule has 0 N–H and O–H groups in total. The lowest BCUT2D eigenvalue weighted by Crippen LogP contribution is -2.13. The molecule has 7 heteroatoms. The Kier molecular flexibility index (Phi) is 4.76. The highest BCUT2D eigenvalue weighted by atomic mass is 32.2. The zero-order valence-corrected chi connectivity index (χ0v) is 16.5. The monoisotopic (exact) mass is 381 g/mol. The van der Waals surface area contributed by atoms with E-state index in [-0.39, 0.29) is 0 Å². The Morgan fingerprint density at radius 1 is 1.15 bits per heavy atom. The predicted molar refractivity (Wildman–Crippen MR) is 108 cm³/mol. The van der Waals surface area contributed by atoms with Gasteiger partial charge in [-0.3, -0.25) is 0 Å². The lowest BCUT2D eigenvalue weighted by atomic mass is 10.1. The van der Waals surface area contributed by atoms with Crippen LogP contribution in [-0.4, -0.2) is 38.5 Å². The van der Waals surface area contributed by atoms with Crippen LogP contribution in [0.2, 0.25) is 0 Å². The van der Waals surface area contributed by atoms with E-state index in [9.17, 15) is 0 Å². The fourth-order valence-electron chi connectivity index (χ4n) is 2.75. The summed E-state index contributed by atoms with van der Waals surface area (Å²) >= 11 is 3.26. The molecule has 26 heavy (non-hydrogen) atoms. The van der Waals surface area contributed by atoms with Crippen LogP contribution in [0.3, 0.4) is 0 Å². The van der Waals surface area contributed by atoms with Crippen LogP contribution in [0, 0.1) is 0 Å². The van der Waals surface area contributed by atoms with E-state index in [0.29, 0.717) is 6.54 Å².